The first kappa shape index (κ1) is 15.3. The molecule has 20 heavy (non-hydrogen) atoms. The molecule has 0 saturated carbocycles. The Hall–Kier alpha value is -1.12. The number of hydrogen-bond acceptors (Lipinski definition) is 4. The van der Waals surface area contributed by atoms with Crippen LogP contribution in [0.25, 0.3) is 0 Å². The lowest BCUT2D eigenvalue weighted by Gasteiger charge is -2.21. The highest BCUT2D eigenvalue weighted by Crippen LogP contribution is 2.29. The average Bonchev–Trinajstić information content (AvgIpc) is 2.61. The third kappa shape index (κ3) is 3.31. The maximum absolute atomic E-state index is 12.4. The highest BCUT2D eigenvalue weighted by atomic mass is 32.2. The van der Waals surface area contributed by atoms with Crippen LogP contribution in [0.15, 0.2) is 5.38 Å². The summed E-state index contributed by atoms with van der Waals surface area (Å²) in [5.74, 6) is -1.11. The SMILES string of the molecule is Cc1csc(C(=O)O)c1NS(=O)(=O)N1CCCCCC1. The highest BCUT2D eigenvalue weighted by Gasteiger charge is 2.26. The smallest absolute Gasteiger partial charge is 0.348 e. The van der Waals surface area contributed by atoms with Gasteiger partial charge < -0.3 is 5.11 Å². The van der Waals surface area contributed by atoms with Gasteiger partial charge in [0.2, 0.25) is 0 Å². The van der Waals surface area contributed by atoms with E-state index in [0.717, 1.165) is 37.0 Å². The van der Waals surface area contributed by atoms with Crippen molar-refractivity contribution in [3.63, 3.8) is 0 Å². The summed E-state index contributed by atoms with van der Waals surface area (Å²) in [6.07, 6.45) is 3.75. The Morgan fingerprint density at radius 3 is 2.45 bits per heavy atom. The van der Waals surface area contributed by atoms with Crippen molar-refractivity contribution in [2.45, 2.75) is 32.6 Å². The molecule has 1 aliphatic heterocycles. The molecular formula is C12H18N2O4S2. The number of hydrogen-bond donors (Lipinski definition) is 2. The molecule has 0 spiro atoms. The number of anilines is 1. The van der Waals surface area contributed by atoms with Gasteiger partial charge in [-0.3, -0.25) is 4.72 Å². The van der Waals surface area contributed by atoms with Gasteiger partial charge in [0.1, 0.15) is 4.88 Å². The lowest BCUT2D eigenvalue weighted by atomic mass is 10.2. The summed E-state index contributed by atoms with van der Waals surface area (Å²) in [5, 5.41) is 10.7. The summed E-state index contributed by atoms with van der Waals surface area (Å²) in [7, 11) is -3.68. The summed E-state index contributed by atoms with van der Waals surface area (Å²) in [6, 6.07) is 0. The number of carboxylic acid groups (broad SMARTS) is 1. The van der Waals surface area contributed by atoms with Crippen LogP contribution >= 0.6 is 11.3 Å². The average molecular weight is 318 g/mol. The zero-order chi connectivity index (χ0) is 14.8. The Morgan fingerprint density at radius 2 is 1.90 bits per heavy atom. The number of carbonyl (C=O) groups is 1. The Morgan fingerprint density at radius 1 is 1.30 bits per heavy atom. The Kier molecular flexibility index (Phi) is 4.66. The van der Waals surface area contributed by atoms with Crippen LogP contribution in [0.4, 0.5) is 5.69 Å². The molecule has 0 aliphatic carbocycles. The van der Waals surface area contributed by atoms with Crippen LogP contribution in [0.2, 0.25) is 0 Å². The van der Waals surface area contributed by atoms with Gasteiger partial charge in [-0.2, -0.15) is 12.7 Å². The minimum absolute atomic E-state index is 0.0286. The highest BCUT2D eigenvalue weighted by molar-refractivity contribution is 7.90. The van der Waals surface area contributed by atoms with E-state index >= 15 is 0 Å². The van der Waals surface area contributed by atoms with Crippen molar-refractivity contribution in [3.05, 3.63) is 15.8 Å². The van der Waals surface area contributed by atoms with Crippen LogP contribution in [0.3, 0.4) is 0 Å². The second-order valence-electron chi connectivity index (χ2n) is 4.85. The third-order valence-electron chi connectivity index (χ3n) is 3.31. The molecule has 1 saturated heterocycles. The molecule has 112 valence electrons. The number of thiophene rings is 1. The van der Waals surface area contributed by atoms with Crippen LogP contribution in [0, 0.1) is 6.92 Å². The lowest BCUT2D eigenvalue weighted by molar-refractivity contribution is 0.0703. The standard InChI is InChI=1S/C12H18N2O4S2/c1-9-8-19-11(12(15)16)10(9)13-20(17,18)14-6-4-2-3-5-7-14/h8,13H,2-7H2,1H3,(H,15,16). The van der Waals surface area contributed by atoms with E-state index in [9.17, 15) is 13.2 Å². The first-order chi connectivity index (χ1) is 9.42. The molecule has 8 heteroatoms. The molecule has 1 aromatic rings. The third-order valence-corrected chi connectivity index (χ3v) is 5.90. The van der Waals surface area contributed by atoms with E-state index in [1.165, 1.54) is 4.31 Å². The van der Waals surface area contributed by atoms with E-state index in [1.54, 1.807) is 12.3 Å². The van der Waals surface area contributed by atoms with Gasteiger partial charge in [0.15, 0.2) is 0 Å². The van der Waals surface area contributed by atoms with Gasteiger partial charge in [0.25, 0.3) is 0 Å². The van der Waals surface area contributed by atoms with Crippen LogP contribution in [-0.2, 0) is 10.2 Å². The Labute approximate surface area is 122 Å². The van der Waals surface area contributed by atoms with E-state index in [2.05, 4.69) is 4.72 Å². The number of aryl methyl sites for hydroxylation is 1. The maximum atomic E-state index is 12.4. The second kappa shape index (κ2) is 6.11. The van der Waals surface area contributed by atoms with Gasteiger partial charge in [-0.05, 0) is 30.7 Å². The van der Waals surface area contributed by atoms with Gasteiger partial charge in [0, 0.05) is 13.1 Å². The fourth-order valence-electron chi connectivity index (χ4n) is 2.20. The van der Waals surface area contributed by atoms with Crippen LogP contribution in [-0.4, -0.2) is 36.9 Å². The number of rotatable bonds is 4. The topological polar surface area (TPSA) is 86.7 Å². The van der Waals surface area contributed by atoms with Gasteiger partial charge in [-0.1, -0.05) is 12.8 Å². The lowest BCUT2D eigenvalue weighted by Crippen LogP contribution is -2.36. The van der Waals surface area contributed by atoms with E-state index in [0.29, 0.717) is 18.7 Å². The largest absolute Gasteiger partial charge is 0.477 e. The number of carboxylic acids is 1. The molecular weight excluding hydrogens is 300 g/mol. The molecule has 0 radical (unpaired) electrons. The number of nitrogens with zero attached hydrogens (tertiary/aromatic N) is 1. The Bertz CT molecular complexity index is 587. The normalized spacial score (nSPS) is 17.6. The summed E-state index contributed by atoms with van der Waals surface area (Å²) in [6.45, 7) is 2.67. The fourth-order valence-corrected chi connectivity index (χ4v) is 4.50. The molecule has 2 heterocycles. The Balaban J connectivity index is 2.23. The number of aromatic carboxylic acids is 1. The van der Waals surface area contributed by atoms with Crippen molar-refractivity contribution in [3.8, 4) is 0 Å². The minimum atomic E-state index is -3.68. The van der Waals surface area contributed by atoms with E-state index in [-0.39, 0.29) is 10.6 Å². The first-order valence-corrected chi connectivity index (χ1v) is 8.83. The van der Waals surface area contributed by atoms with Crippen molar-refractivity contribution < 1.29 is 18.3 Å². The van der Waals surface area contributed by atoms with Gasteiger partial charge in [0.05, 0.1) is 5.69 Å². The monoisotopic (exact) mass is 318 g/mol. The van der Waals surface area contributed by atoms with Crippen molar-refractivity contribution in [1.82, 2.24) is 4.31 Å². The summed E-state index contributed by atoms with van der Waals surface area (Å²) < 4.78 is 28.6. The molecule has 0 bridgehead atoms. The molecule has 1 aliphatic rings. The molecule has 2 rings (SSSR count). The van der Waals surface area contributed by atoms with Crippen molar-refractivity contribution in [1.29, 1.82) is 0 Å². The first-order valence-electron chi connectivity index (χ1n) is 6.51. The van der Waals surface area contributed by atoms with Crippen LogP contribution in [0.5, 0.6) is 0 Å². The maximum Gasteiger partial charge on any atom is 0.348 e. The van der Waals surface area contributed by atoms with E-state index in [1.807, 2.05) is 0 Å². The van der Waals surface area contributed by atoms with E-state index in [4.69, 9.17) is 5.11 Å². The summed E-state index contributed by atoms with van der Waals surface area (Å²) >= 11 is 1.03. The van der Waals surface area contributed by atoms with Crippen molar-refractivity contribution >= 4 is 33.2 Å². The molecule has 0 aromatic carbocycles. The molecule has 2 N–H and O–H groups in total. The summed E-state index contributed by atoms with van der Waals surface area (Å²) in [5.41, 5.74) is 0.817. The van der Waals surface area contributed by atoms with Crippen LogP contribution in [0.1, 0.15) is 40.9 Å². The fraction of sp³-hybridized carbons (Fsp3) is 0.583. The second-order valence-corrected chi connectivity index (χ2v) is 7.40. The zero-order valence-electron chi connectivity index (χ0n) is 11.3. The van der Waals surface area contributed by atoms with Crippen molar-refractivity contribution in [2.75, 3.05) is 17.8 Å². The predicted molar refractivity (Wildman–Crippen MR) is 78.6 cm³/mol. The van der Waals surface area contributed by atoms with Gasteiger partial charge in [-0.15, -0.1) is 11.3 Å². The number of nitrogens with one attached hydrogen (secondary N) is 1. The molecule has 0 atom stereocenters. The minimum Gasteiger partial charge on any atom is -0.477 e. The van der Waals surface area contributed by atoms with Gasteiger partial charge in [-0.25, -0.2) is 4.79 Å². The zero-order valence-corrected chi connectivity index (χ0v) is 12.9. The van der Waals surface area contributed by atoms with E-state index < -0.39 is 16.2 Å². The van der Waals surface area contributed by atoms with Crippen molar-refractivity contribution in [2.24, 2.45) is 0 Å². The van der Waals surface area contributed by atoms with Gasteiger partial charge >= 0.3 is 16.2 Å². The molecule has 1 fully saturated rings. The summed E-state index contributed by atoms with van der Waals surface area (Å²) in [4.78, 5) is 11.1. The molecule has 0 unspecified atom stereocenters. The quantitative estimate of drug-likeness (QED) is 0.891. The van der Waals surface area contributed by atoms with Crippen LogP contribution < -0.4 is 4.72 Å². The molecule has 1 aromatic heterocycles. The molecule has 6 nitrogen and oxygen atoms in total. The predicted octanol–water partition coefficient (Wildman–Crippen LogP) is 2.29. The molecule has 0 amide bonds.